The Bertz CT molecular complexity index is 1780. The van der Waals surface area contributed by atoms with Crippen LogP contribution < -0.4 is 25.2 Å². The Balaban J connectivity index is 1.23. The molecule has 252 valence electrons. The van der Waals surface area contributed by atoms with Gasteiger partial charge in [0.25, 0.3) is 0 Å². The average molecular weight is 698 g/mol. The molecular weight excluding hydrogens is 664 g/mol. The molecule has 4 aromatic rings. The number of halogens is 3. The molecule has 48 heavy (non-hydrogen) atoms. The number of benzene rings is 3. The Labute approximate surface area is 285 Å². The highest BCUT2D eigenvalue weighted by Crippen LogP contribution is 2.34. The Morgan fingerprint density at radius 2 is 1.79 bits per heavy atom. The van der Waals surface area contributed by atoms with E-state index in [0.29, 0.717) is 28.3 Å². The zero-order chi connectivity index (χ0) is 34.4. The molecule has 1 aromatic heterocycles. The standard InChI is InChI=1S/C33H34F3N7O3S2/c1-5-27(21-6-8-22(9-7-21)30-37-19-42(41-30)24-11-14-25(15-12-24)46-33(34,35)36)39-40-31(47)38-32-43(29(44)18-48-32)28-17-26(45-4)13-10-23(28)16-20(2)3/h6-15,17,19-20,27,39H,5,16,18H2,1-4H3,(H,40,47). The van der Waals surface area contributed by atoms with Crippen LogP contribution in [0.15, 0.2) is 78.0 Å². The summed E-state index contributed by atoms with van der Waals surface area (Å²) in [6.07, 6.45) is -1.75. The molecule has 1 amide bonds. The van der Waals surface area contributed by atoms with Gasteiger partial charge in [0.05, 0.1) is 30.3 Å². The van der Waals surface area contributed by atoms with Gasteiger partial charge < -0.3 is 9.47 Å². The number of amides is 1. The molecule has 2 N–H and O–H groups in total. The molecule has 0 spiro atoms. The lowest BCUT2D eigenvalue weighted by atomic mass is 10.0. The molecule has 1 atom stereocenters. The van der Waals surface area contributed by atoms with E-state index in [0.717, 1.165) is 35.2 Å². The second-order valence-corrected chi connectivity index (χ2v) is 12.5. The number of rotatable bonds is 11. The first kappa shape index (κ1) is 34.9. The van der Waals surface area contributed by atoms with Crippen LogP contribution in [-0.2, 0) is 11.2 Å². The van der Waals surface area contributed by atoms with E-state index < -0.39 is 6.36 Å². The van der Waals surface area contributed by atoms with E-state index in [4.69, 9.17) is 17.0 Å². The van der Waals surface area contributed by atoms with E-state index in [-0.39, 0.29) is 28.6 Å². The number of amidine groups is 1. The number of nitrogens with zero attached hydrogens (tertiary/aromatic N) is 5. The summed E-state index contributed by atoms with van der Waals surface area (Å²) in [5.41, 5.74) is 10.3. The summed E-state index contributed by atoms with van der Waals surface area (Å²) in [5, 5.41) is 5.15. The van der Waals surface area contributed by atoms with Gasteiger partial charge in [0.15, 0.2) is 11.0 Å². The summed E-state index contributed by atoms with van der Waals surface area (Å²) in [5.74, 6) is 1.36. The lowest BCUT2D eigenvalue weighted by Gasteiger charge is -2.22. The number of ether oxygens (including phenoxy) is 2. The SMILES string of the molecule is CCC(NNC(=S)N=C1SCC(=O)N1c1cc(OC)ccc1CC(C)C)c1ccc(-c2ncn(-c3ccc(OC(F)(F)F)cc3)n2)cc1. The van der Waals surface area contributed by atoms with Crippen molar-refractivity contribution in [2.24, 2.45) is 10.9 Å². The van der Waals surface area contributed by atoms with E-state index in [2.05, 4.69) is 44.5 Å². The molecule has 1 aliphatic heterocycles. The Morgan fingerprint density at radius 3 is 2.44 bits per heavy atom. The highest BCUT2D eigenvalue weighted by Gasteiger charge is 2.32. The minimum absolute atomic E-state index is 0.0768. The van der Waals surface area contributed by atoms with Crippen molar-refractivity contribution in [3.05, 3.63) is 84.2 Å². The van der Waals surface area contributed by atoms with Gasteiger partial charge in [-0.15, -0.1) is 18.3 Å². The number of carbonyl (C=O) groups is 1. The number of aromatic nitrogens is 3. The van der Waals surface area contributed by atoms with Crippen LogP contribution in [-0.4, -0.2) is 50.2 Å². The maximum absolute atomic E-state index is 13.0. The van der Waals surface area contributed by atoms with Gasteiger partial charge in [-0.1, -0.05) is 62.9 Å². The van der Waals surface area contributed by atoms with Gasteiger partial charge in [0, 0.05) is 11.6 Å². The minimum atomic E-state index is -4.76. The first-order chi connectivity index (χ1) is 22.9. The fourth-order valence-electron chi connectivity index (χ4n) is 5.04. The molecule has 0 bridgehead atoms. The molecule has 5 rings (SSSR count). The van der Waals surface area contributed by atoms with Gasteiger partial charge in [-0.3, -0.25) is 15.1 Å². The van der Waals surface area contributed by atoms with Gasteiger partial charge in [0.1, 0.15) is 17.8 Å². The van der Waals surface area contributed by atoms with Crippen LogP contribution in [0.4, 0.5) is 18.9 Å². The molecule has 15 heteroatoms. The van der Waals surface area contributed by atoms with Crippen molar-refractivity contribution >= 4 is 45.9 Å². The van der Waals surface area contributed by atoms with E-state index in [1.165, 1.54) is 47.0 Å². The van der Waals surface area contributed by atoms with E-state index in [9.17, 15) is 18.0 Å². The number of aliphatic imine (C=N–C) groups is 1. The normalized spacial score (nSPS) is 14.9. The van der Waals surface area contributed by atoms with Gasteiger partial charge in [0.2, 0.25) is 11.0 Å². The summed E-state index contributed by atoms with van der Waals surface area (Å²) in [4.78, 5) is 23.6. The summed E-state index contributed by atoms with van der Waals surface area (Å²) in [6, 6.07) is 18.7. The predicted molar refractivity (Wildman–Crippen MR) is 184 cm³/mol. The molecule has 1 aliphatic rings. The van der Waals surface area contributed by atoms with Crippen LogP contribution >= 0.6 is 24.0 Å². The number of alkyl halides is 3. The summed E-state index contributed by atoms with van der Waals surface area (Å²) < 4.78 is 48.2. The quantitative estimate of drug-likeness (QED) is 0.127. The van der Waals surface area contributed by atoms with Gasteiger partial charge in [-0.2, -0.15) is 4.99 Å². The van der Waals surface area contributed by atoms with Gasteiger partial charge in [-0.05, 0) is 72.4 Å². The van der Waals surface area contributed by atoms with Crippen molar-refractivity contribution in [2.45, 2.75) is 46.0 Å². The molecule has 0 saturated carbocycles. The average Bonchev–Trinajstić information content (AvgIpc) is 3.68. The number of hydrogen-bond donors (Lipinski definition) is 2. The zero-order valence-corrected chi connectivity index (χ0v) is 28.2. The monoisotopic (exact) mass is 697 g/mol. The number of anilines is 1. The van der Waals surface area contributed by atoms with Crippen LogP contribution in [0, 0.1) is 5.92 Å². The lowest BCUT2D eigenvalue weighted by molar-refractivity contribution is -0.274. The molecule has 0 aliphatic carbocycles. The minimum Gasteiger partial charge on any atom is -0.497 e. The smallest absolute Gasteiger partial charge is 0.497 e. The zero-order valence-electron chi connectivity index (χ0n) is 26.6. The maximum Gasteiger partial charge on any atom is 0.573 e. The summed E-state index contributed by atoms with van der Waals surface area (Å²) in [6.45, 7) is 6.29. The van der Waals surface area contributed by atoms with E-state index in [1.807, 2.05) is 49.4 Å². The van der Waals surface area contributed by atoms with Crippen LogP contribution in [0.3, 0.4) is 0 Å². The van der Waals surface area contributed by atoms with Crippen molar-refractivity contribution < 1.29 is 27.4 Å². The number of carbonyl (C=O) groups excluding carboxylic acids is 1. The van der Waals surface area contributed by atoms with Crippen LogP contribution in [0.2, 0.25) is 0 Å². The van der Waals surface area contributed by atoms with Crippen molar-refractivity contribution in [1.82, 2.24) is 25.6 Å². The number of methoxy groups -OCH3 is 1. The van der Waals surface area contributed by atoms with Crippen LogP contribution in [0.1, 0.15) is 44.4 Å². The highest BCUT2D eigenvalue weighted by molar-refractivity contribution is 8.15. The fourth-order valence-corrected chi connectivity index (χ4v) is 6.11. The molecule has 10 nitrogen and oxygen atoms in total. The number of thiocarbonyl (C=S) groups is 1. The Hall–Kier alpha value is -4.47. The number of hydrazine groups is 1. The van der Waals surface area contributed by atoms with Crippen molar-refractivity contribution in [3.8, 4) is 28.6 Å². The molecule has 2 heterocycles. The summed E-state index contributed by atoms with van der Waals surface area (Å²) >= 11 is 6.88. The third kappa shape index (κ3) is 8.70. The first-order valence-electron chi connectivity index (χ1n) is 15.1. The molecule has 0 radical (unpaired) electrons. The molecule has 3 aromatic carbocycles. The van der Waals surface area contributed by atoms with Crippen LogP contribution in [0.5, 0.6) is 11.5 Å². The largest absolute Gasteiger partial charge is 0.573 e. The van der Waals surface area contributed by atoms with Crippen molar-refractivity contribution in [2.75, 3.05) is 17.8 Å². The first-order valence-corrected chi connectivity index (χ1v) is 16.5. The predicted octanol–water partition coefficient (Wildman–Crippen LogP) is 7.01. The highest BCUT2D eigenvalue weighted by atomic mass is 32.2. The van der Waals surface area contributed by atoms with E-state index in [1.54, 1.807) is 12.0 Å². The van der Waals surface area contributed by atoms with Gasteiger partial charge in [-0.25, -0.2) is 15.1 Å². The maximum atomic E-state index is 13.0. The number of nitrogens with one attached hydrogen (secondary N) is 2. The molecule has 1 fully saturated rings. The lowest BCUT2D eigenvalue weighted by Crippen LogP contribution is -2.39. The second-order valence-electron chi connectivity index (χ2n) is 11.2. The Morgan fingerprint density at radius 1 is 1.08 bits per heavy atom. The third-order valence-corrected chi connectivity index (χ3v) is 8.40. The third-order valence-electron chi connectivity index (χ3n) is 7.28. The molecular formula is C33H34F3N7O3S2. The fraction of sp³-hybridized carbons (Fsp3) is 0.303. The van der Waals surface area contributed by atoms with E-state index >= 15 is 0 Å². The Kier molecular flexibility index (Phi) is 11.0. The van der Waals surface area contributed by atoms with Crippen molar-refractivity contribution in [1.29, 1.82) is 0 Å². The van der Waals surface area contributed by atoms with Crippen LogP contribution in [0.25, 0.3) is 17.1 Å². The van der Waals surface area contributed by atoms with Gasteiger partial charge >= 0.3 is 6.36 Å². The summed E-state index contributed by atoms with van der Waals surface area (Å²) in [7, 11) is 1.59. The number of thioether (sulfide) groups is 1. The molecule has 1 saturated heterocycles. The van der Waals surface area contributed by atoms with Crippen molar-refractivity contribution in [3.63, 3.8) is 0 Å². The topological polar surface area (TPSA) is 106 Å². The molecule has 1 unspecified atom stereocenters. The number of hydrogen-bond acceptors (Lipinski definition) is 8. The second kappa shape index (κ2) is 15.2.